The highest BCUT2D eigenvalue weighted by molar-refractivity contribution is 5.83. The van der Waals surface area contributed by atoms with E-state index < -0.39 is 5.97 Å². The van der Waals surface area contributed by atoms with Crippen molar-refractivity contribution in [2.24, 2.45) is 0 Å². The van der Waals surface area contributed by atoms with E-state index >= 15 is 0 Å². The van der Waals surface area contributed by atoms with Gasteiger partial charge in [0, 0.05) is 0 Å². The summed E-state index contributed by atoms with van der Waals surface area (Å²) in [6.07, 6.45) is 0. The summed E-state index contributed by atoms with van der Waals surface area (Å²) in [7, 11) is 1.30. The Kier molecular flexibility index (Phi) is 3.25. The molecule has 0 bridgehead atoms. The molecule has 1 amide bonds. The average molecular weight is 187 g/mol. The highest BCUT2D eigenvalue weighted by Crippen LogP contribution is 2.06. The predicted octanol–water partition coefficient (Wildman–Crippen LogP) is -0.593. The number of carbonyl (C=O) groups excluding carboxylic acids is 2. The number of ether oxygens (including phenoxy) is 2. The first kappa shape index (κ1) is 9.98. The van der Waals surface area contributed by atoms with Crippen molar-refractivity contribution < 1.29 is 19.1 Å². The Bertz CT molecular complexity index is 216. The molecule has 0 spiro atoms. The van der Waals surface area contributed by atoms with E-state index in [0.29, 0.717) is 6.61 Å². The standard InChI is InChI=1S/C8H13NO4/c1-6-4-13-5-7(10)9(6)3-8(11)12-2/h6H,3-5H2,1-2H3. The van der Waals surface area contributed by atoms with Gasteiger partial charge in [-0.1, -0.05) is 0 Å². The van der Waals surface area contributed by atoms with E-state index in [1.54, 1.807) is 0 Å². The van der Waals surface area contributed by atoms with Crippen LogP contribution in [0.2, 0.25) is 0 Å². The smallest absolute Gasteiger partial charge is 0.325 e. The molecule has 5 heteroatoms. The van der Waals surface area contributed by atoms with Crippen LogP contribution in [0.5, 0.6) is 0 Å². The summed E-state index contributed by atoms with van der Waals surface area (Å²) >= 11 is 0. The van der Waals surface area contributed by atoms with Crippen LogP contribution < -0.4 is 0 Å². The van der Waals surface area contributed by atoms with E-state index in [1.807, 2.05) is 6.92 Å². The number of esters is 1. The van der Waals surface area contributed by atoms with E-state index in [0.717, 1.165) is 0 Å². The zero-order chi connectivity index (χ0) is 9.84. The third-order valence-corrected chi connectivity index (χ3v) is 1.96. The van der Waals surface area contributed by atoms with E-state index in [4.69, 9.17) is 4.74 Å². The minimum Gasteiger partial charge on any atom is -0.468 e. The van der Waals surface area contributed by atoms with Crippen molar-refractivity contribution in [1.29, 1.82) is 0 Å². The van der Waals surface area contributed by atoms with Gasteiger partial charge in [0.25, 0.3) is 0 Å². The molecule has 74 valence electrons. The molecular formula is C8H13NO4. The lowest BCUT2D eigenvalue weighted by Crippen LogP contribution is -2.50. The molecule has 1 unspecified atom stereocenters. The Balaban J connectivity index is 2.53. The normalized spacial score (nSPS) is 23.1. The summed E-state index contributed by atoms with van der Waals surface area (Å²) in [5.41, 5.74) is 0. The molecule has 1 saturated heterocycles. The first-order valence-electron chi connectivity index (χ1n) is 4.09. The predicted molar refractivity (Wildman–Crippen MR) is 44.0 cm³/mol. The maximum Gasteiger partial charge on any atom is 0.325 e. The zero-order valence-electron chi connectivity index (χ0n) is 7.78. The summed E-state index contributed by atoms with van der Waals surface area (Å²) in [4.78, 5) is 23.6. The highest BCUT2D eigenvalue weighted by Gasteiger charge is 2.27. The quantitative estimate of drug-likeness (QED) is 0.542. The number of rotatable bonds is 2. The number of morpholine rings is 1. The van der Waals surface area contributed by atoms with Gasteiger partial charge >= 0.3 is 5.97 Å². The van der Waals surface area contributed by atoms with Crippen molar-refractivity contribution in [3.8, 4) is 0 Å². The first-order chi connectivity index (χ1) is 6.15. The van der Waals surface area contributed by atoms with Gasteiger partial charge in [0.15, 0.2) is 0 Å². The first-order valence-corrected chi connectivity index (χ1v) is 4.09. The number of hydrogen-bond donors (Lipinski definition) is 0. The molecule has 0 aromatic rings. The molecule has 0 aliphatic carbocycles. The van der Waals surface area contributed by atoms with Crippen molar-refractivity contribution in [1.82, 2.24) is 4.90 Å². The van der Waals surface area contributed by atoms with Crippen LogP contribution in [0.3, 0.4) is 0 Å². The molecule has 1 heterocycles. The minimum atomic E-state index is -0.401. The van der Waals surface area contributed by atoms with Crippen LogP contribution in [0.1, 0.15) is 6.92 Å². The average Bonchev–Trinajstić information content (AvgIpc) is 2.11. The molecule has 0 saturated carbocycles. The second-order valence-electron chi connectivity index (χ2n) is 2.96. The maximum atomic E-state index is 11.2. The molecule has 1 fully saturated rings. The second-order valence-corrected chi connectivity index (χ2v) is 2.96. The van der Waals surface area contributed by atoms with Crippen LogP contribution >= 0.6 is 0 Å². The Morgan fingerprint density at radius 2 is 2.46 bits per heavy atom. The summed E-state index contributed by atoms with van der Waals surface area (Å²) in [5, 5.41) is 0. The fourth-order valence-electron chi connectivity index (χ4n) is 1.18. The molecule has 1 rings (SSSR count). The van der Waals surface area contributed by atoms with Crippen LogP contribution in [0, 0.1) is 0 Å². The molecule has 1 aliphatic heterocycles. The number of hydrogen-bond acceptors (Lipinski definition) is 4. The van der Waals surface area contributed by atoms with Gasteiger partial charge in [-0.05, 0) is 6.92 Å². The van der Waals surface area contributed by atoms with Crippen molar-refractivity contribution in [2.45, 2.75) is 13.0 Å². The fraction of sp³-hybridized carbons (Fsp3) is 0.750. The van der Waals surface area contributed by atoms with E-state index in [2.05, 4.69) is 4.74 Å². The number of nitrogens with zero attached hydrogens (tertiary/aromatic N) is 1. The second kappa shape index (κ2) is 4.23. The van der Waals surface area contributed by atoms with E-state index in [9.17, 15) is 9.59 Å². The third kappa shape index (κ3) is 2.42. The summed E-state index contributed by atoms with van der Waals surface area (Å²) in [6, 6.07) is -0.0552. The van der Waals surface area contributed by atoms with Gasteiger partial charge in [0.2, 0.25) is 5.91 Å². The third-order valence-electron chi connectivity index (χ3n) is 1.96. The monoisotopic (exact) mass is 187 g/mol. The Morgan fingerprint density at radius 3 is 3.00 bits per heavy atom. The summed E-state index contributed by atoms with van der Waals surface area (Å²) in [6.45, 7) is 2.38. The lowest BCUT2D eigenvalue weighted by molar-refractivity contribution is -0.156. The summed E-state index contributed by atoms with van der Waals surface area (Å²) in [5.74, 6) is -0.564. The van der Waals surface area contributed by atoms with Gasteiger partial charge in [-0.15, -0.1) is 0 Å². The van der Waals surface area contributed by atoms with Crippen molar-refractivity contribution in [3.05, 3.63) is 0 Å². The lowest BCUT2D eigenvalue weighted by Gasteiger charge is -2.32. The SMILES string of the molecule is COC(=O)CN1C(=O)COCC1C. The molecule has 1 atom stereocenters. The molecule has 0 aromatic heterocycles. The Labute approximate surface area is 76.6 Å². The Hall–Kier alpha value is -1.10. The van der Waals surface area contributed by atoms with Crippen LogP contribution in [-0.2, 0) is 19.1 Å². The van der Waals surface area contributed by atoms with E-state index in [1.165, 1.54) is 12.0 Å². The van der Waals surface area contributed by atoms with Crippen LogP contribution in [0.15, 0.2) is 0 Å². The van der Waals surface area contributed by atoms with Crippen LogP contribution in [0.4, 0.5) is 0 Å². The largest absolute Gasteiger partial charge is 0.468 e. The molecular weight excluding hydrogens is 174 g/mol. The Morgan fingerprint density at radius 1 is 1.77 bits per heavy atom. The van der Waals surface area contributed by atoms with Crippen molar-refractivity contribution in [2.75, 3.05) is 26.9 Å². The minimum absolute atomic E-state index is 0.0137. The lowest BCUT2D eigenvalue weighted by atomic mass is 10.2. The molecule has 5 nitrogen and oxygen atoms in total. The fourth-order valence-corrected chi connectivity index (χ4v) is 1.18. The van der Waals surface area contributed by atoms with Gasteiger partial charge < -0.3 is 14.4 Å². The van der Waals surface area contributed by atoms with E-state index in [-0.39, 0.29) is 25.1 Å². The van der Waals surface area contributed by atoms with Gasteiger partial charge in [-0.3, -0.25) is 9.59 Å². The molecule has 0 aromatic carbocycles. The van der Waals surface area contributed by atoms with Gasteiger partial charge in [0.05, 0.1) is 19.8 Å². The van der Waals surface area contributed by atoms with Crippen molar-refractivity contribution in [3.63, 3.8) is 0 Å². The number of carbonyl (C=O) groups is 2. The summed E-state index contributed by atoms with van der Waals surface area (Å²) < 4.78 is 9.47. The molecule has 13 heavy (non-hydrogen) atoms. The number of amides is 1. The maximum absolute atomic E-state index is 11.2. The molecule has 0 N–H and O–H groups in total. The molecule has 1 aliphatic rings. The van der Waals surface area contributed by atoms with Crippen LogP contribution in [0.25, 0.3) is 0 Å². The number of methoxy groups -OCH3 is 1. The topological polar surface area (TPSA) is 55.8 Å². The van der Waals surface area contributed by atoms with Gasteiger partial charge in [0.1, 0.15) is 13.2 Å². The van der Waals surface area contributed by atoms with Crippen molar-refractivity contribution >= 4 is 11.9 Å². The van der Waals surface area contributed by atoms with Crippen LogP contribution in [-0.4, -0.2) is 49.7 Å². The van der Waals surface area contributed by atoms with Gasteiger partial charge in [-0.25, -0.2) is 0 Å². The van der Waals surface area contributed by atoms with Gasteiger partial charge in [-0.2, -0.15) is 0 Å². The highest BCUT2D eigenvalue weighted by atomic mass is 16.5. The molecule has 0 radical (unpaired) electrons. The zero-order valence-corrected chi connectivity index (χ0v) is 7.78.